The van der Waals surface area contributed by atoms with Crippen molar-refractivity contribution in [2.24, 2.45) is 0 Å². The molecule has 18 heavy (non-hydrogen) atoms. The number of aromatic nitrogens is 1. The zero-order valence-electron chi connectivity index (χ0n) is 10.0. The van der Waals surface area contributed by atoms with Crippen molar-refractivity contribution in [3.05, 3.63) is 22.3 Å². The molecule has 0 aromatic carbocycles. The number of nitrogens with one attached hydrogen (secondary N) is 1. The molecule has 0 aliphatic carbocycles. The molecule has 0 saturated carbocycles. The third-order valence-corrected chi connectivity index (χ3v) is 2.55. The van der Waals surface area contributed by atoms with Crippen LogP contribution in [0.4, 0.5) is 19.0 Å². The lowest BCUT2D eigenvalue weighted by Gasteiger charge is -2.18. The second-order valence-electron chi connectivity index (χ2n) is 3.75. The normalized spacial score (nSPS) is 13.4. The minimum atomic E-state index is -4.44. The quantitative estimate of drug-likeness (QED) is 0.895. The maximum absolute atomic E-state index is 12.8. The lowest BCUT2D eigenvalue weighted by atomic mass is 10.2. The van der Waals surface area contributed by atoms with Gasteiger partial charge in [-0.1, -0.05) is 0 Å². The number of rotatable bonds is 5. The highest BCUT2D eigenvalue weighted by Crippen LogP contribution is 2.35. The van der Waals surface area contributed by atoms with Crippen molar-refractivity contribution >= 4 is 21.7 Å². The lowest BCUT2D eigenvalue weighted by molar-refractivity contribution is -0.137. The van der Waals surface area contributed by atoms with E-state index in [9.17, 15) is 13.2 Å². The molecule has 1 atom stereocenters. The van der Waals surface area contributed by atoms with Gasteiger partial charge in [-0.3, -0.25) is 0 Å². The summed E-state index contributed by atoms with van der Waals surface area (Å²) >= 11 is 2.98. The Morgan fingerprint density at radius 2 is 2.17 bits per heavy atom. The van der Waals surface area contributed by atoms with Gasteiger partial charge in [-0.15, -0.1) is 0 Å². The Morgan fingerprint density at radius 3 is 2.72 bits per heavy atom. The SMILES string of the molecule is CCOCC(C)Nc1ncc(Br)cc1C(F)(F)F. The summed E-state index contributed by atoms with van der Waals surface area (Å²) in [5, 5.41) is 2.70. The van der Waals surface area contributed by atoms with E-state index in [1.165, 1.54) is 6.20 Å². The van der Waals surface area contributed by atoms with Gasteiger partial charge < -0.3 is 10.1 Å². The third-order valence-electron chi connectivity index (χ3n) is 2.11. The number of halogens is 4. The molecule has 0 radical (unpaired) electrons. The summed E-state index contributed by atoms with van der Waals surface area (Å²) in [5.41, 5.74) is -0.791. The zero-order chi connectivity index (χ0) is 13.8. The van der Waals surface area contributed by atoms with E-state index in [-0.39, 0.29) is 16.3 Å². The molecule has 0 aliphatic rings. The number of hydrogen-bond acceptors (Lipinski definition) is 3. The molecule has 0 bridgehead atoms. The standard InChI is InChI=1S/C11H14BrF3N2O/c1-3-18-6-7(2)17-10-9(11(13,14)15)4-8(12)5-16-10/h4-5,7H,3,6H2,1-2H3,(H,16,17). The predicted octanol–water partition coefficient (Wildman–Crippen LogP) is 3.70. The van der Waals surface area contributed by atoms with Gasteiger partial charge in [0.25, 0.3) is 0 Å². The first-order valence-electron chi connectivity index (χ1n) is 5.41. The largest absolute Gasteiger partial charge is 0.419 e. The van der Waals surface area contributed by atoms with Crippen LogP contribution < -0.4 is 5.32 Å². The maximum Gasteiger partial charge on any atom is 0.419 e. The van der Waals surface area contributed by atoms with Gasteiger partial charge in [0.2, 0.25) is 0 Å². The molecule has 1 rings (SSSR count). The smallest absolute Gasteiger partial charge is 0.380 e. The Hall–Kier alpha value is -0.820. The molecule has 0 fully saturated rings. The molecule has 0 amide bonds. The molecule has 7 heteroatoms. The number of ether oxygens (including phenoxy) is 1. The van der Waals surface area contributed by atoms with Crippen molar-refractivity contribution in [1.82, 2.24) is 4.98 Å². The second kappa shape index (κ2) is 6.38. The van der Waals surface area contributed by atoms with Crippen molar-refractivity contribution in [1.29, 1.82) is 0 Å². The fourth-order valence-corrected chi connectivity index (χ4v) is 1.67. The Morgan fingerprint density at radius 1 is 1.50 bits per heavy atom. The van der Waals surface area contributed by atoms with Crippen LogP contribution in [-0.2, 0) is 10.9 Å². The van der Waals surface area contributed by atoms with Crippen LogP contribution >= 0.6 is 15.9 Å². The van der Waals surface area contributed by atoms with Crippen LogP contribution in [0.5, 0.6) is 0 Å². The molecule has 1 aromatic heterocycles. The van der Waals surface area contributed by atoms with E-state index in [4.69, 9.17) is 4.74 Å². The number of nitrogens with zero attached hydrogens (tertiary/aromatic N) is 1. The van der Waals surface area contributed by atoms with Gasteiger partial charge in [-0.25, -0.2) is 4.98 Å². The Kier molecular flexibility index (Phi) is 5.40. The van der Waals surface area contributed by atoms with Crippen LogP contribution in [0, 0.1) is 0 Å². The van der Waals surface area contributed by atoms with E-state index in [1.807, 2.05) is 6.92 Å². The average molecular weight is 327 g/mol. The molecule has 3 nitrogen and oxygen atoms in total. The van der Waals surface area contributed by atoms with Gasteiger partial charge in [0.05, 0.1) is 12.2 Å². The minimum Gasteiger partial charge on any atom is -0.380 e. The fourth-order valence-electron chi connectivity index (χ4n) is 1.34. The molecule has 0 spiro atoms. The molecule has 1 N–H and O–H groups in total. The summed E-state index contributed by atoms with van der Waals surface area (Å²) in [7, 11) is 0. The van der Waals surface area contributed by atoms with Crippen LogP contribution in [0.3, 0.4) is 0 Å². The number of hydrogen-bond donors (Lipinski definition) is 1. The molecule has 102 valence electrons. The first-order valence-corrected chi connectivity index (χ1v) is 6.21. The summed E-state index contributed by atoms with van der Waals surface area (Å²) in [5.74, 6) is -0.182. The van der Waals surface area contributed by atoms with Crippen LogP contribution in [0.15, 0.2) is 16.7 Å². The van der Waals surface area contributed by atoms with E-state index < -0.39 is 11.7 Å². The van der Waals surface area contributed by atoms with Crippen molar-refractivity contribution in [2.75, 3.05) is 18.5 Å². The van der Waals surface area contributed by atoms with E-state index in [0.717, 1.165) is 6.07 Å². The van der Waals surface area contributed by atoms with Gasteiger partial charge in [0.1, 0.15) is 5.82 Å². The van der Waals surface area contributed by atoms with Crippen LogP contribution in [-0.4, -0.2) is 24.2 Å². The van der Waals surface area contributed by atoms with Crippen LogP contribution in [0.1, 0.15) is 19.4 Å². The summed E-state index contributed by atoms with van der Waals surface area (Å²) < 4.78 is 43.8. The molecular weight excluding hydrogens is 313 g/mol. The van der Waals surface area contributed by atoms with E-state index in [2.05, 4.69) is 26.2 Å². The van der Waals surface area contributed by atoms with Gasteiger partial charge in [0.15, 0.2) is 0 Å². The summed E-state index contributed by atoms with van der Waals surface area (Å²) in [4.78, 5) is 3.76. The topological polar surface area (TPSA) is 34.1 Å². The Labute approximate surface area is 112 Å². The van der Waals surface area contributed by atoms with Crippen molar-refractivity contribution in [3.63, 3.8) is 0 Å². The second-order valence-corrected chi connectivity index (χ2v) is 4.67. The highest BCUT2D eigenvalue weighted by atomic mass is 79.9. The van der Waals surface area contributed by atoms with Gasteiger partial charge in [0, 0.05) is 23.3 Å². The predicted molar refractivity (Wildman–Crippen MR) is 66.5 cm³/mol. The molecule has 0 aliphatic heterocycles. The van der Waals surface area contributed by atoms with E-state index >= 15 is 0 Å². The van der Waals surface area contributed by atoms with E-state index in [0.29, 0.717) is 13.2 Å². The fraction of sp³-hybridized carbons (Fsp3) is 0.545. The molecule has 1 unspecified atom stereocenters. The maximum atomic E-state index is 12.8. The number of alkyl halides is 3. The van der Waals surface area contributed by atoms with Gasteiger partial charge in [-0.05, 0) is 35.8 Å². The molecule has 1 aromatic rings. The summed E-state index contributed by atoms with van der Waals surface area (Å²) in [6.45, 7) is 4.41. The van der Waals surface area contributed by atoms with E-state index in [1.54, 1.807) is 6.92 Å². The third kappa shape index (κ3) is 4.45. The molecular formula is C11H14BrF3N2O. The monoisotopic (exact) mass is 326 g/mol. The first-order chi connectivity index (χ1) is 8.34. The van der Waals surface area contributed by atoms with Gasteiger partial charge >= 0.3 is 6.18 Å². The van der Waals surface area contributed by atoms with Crippen LogP contribution in [0.25, 0.3) is 0 Å². The zero-order valence-corrected chi connectivity index (χ0v) is 11.6. The Bertz CT molecular complexity index is 398. The number of pyridine rings is 1. The lowest BCUT2D eigenvalue weighted by Crippen LogP contribution is -2.24. The summed E-state index contributed by atoms with van der Waals surface area (Å²) in [6.07, 6.45) is -3.12. The van der Waals surface area contributed by atoms with Crippen molar-refractivity contribution in [2.45, 2.75) is 26.1 Å². The minimum absolute atomic E-state index is 0.182. The Balaban J connectivity index is 2.88. The van der Waals surface area contributed by atoms with Crippen molar-refractivity contribution in [3.8, 4) is 0 Å². The van der Waals surface area contributed by atoms with Crippen LogP contribution in [0.2, 0.25) is 0 Å². The van der Waals surface area contributed by atoms with Gasteiger partial charge in [-0.2, -0.15) is 13.2 Å². The highest BCUT2D eigenvalue weighted by molar-refractivity contribution is 9.10. The first kappa shape index (κ1) is 15.2. The summed E-state index contributed by atoms with van der Waals surface area (Å²) in [6, 6.07) is 0.752. The average Bonchev–Trinajstić information content (AvgIpc) is 2.27. The molecule has 1 heterocycles. The highest BCUT2D eigenvalue weighted by Gasteiger charge is 2.34. The number of anilines is 1. The molecule has 0 saturated heterocycles. The van der Waals surface area contributed by atoms with Crippen molar-refractivity contribution < 1.29 is 17.9 Å².